The maximum absolute atomic E-state index is 12.6. The van der Waals surface area contributed by atoms with Gasteiger partial charge in [-0.15, -0.1) is 0 Å². The van der Waals surface area contributed by atoms with Crippen LogP contribution < -0.4 is 10.1 Å². The second-order valence-electron chi connectivity index (χ2n) is 6.74. The molecule has 180 valence electrons. The topological polar surface area (TPSA) is 130 Å². The number of carboxylic acid groups (broad SMARTS) is 1. The summed E-state index contributed by atoms with van der Waals surface area (Å²) in [6.45, 7) is 0.219. The lowest BCUT2D eigenvalue weighted by Gasteiger charge is -2.10. The molecule has 0 aliphatic rings. The van der Waals surface area contributed by atoms with Gasteiger partial charge in [0.25, 0.3) is 5.91 Å². The molecule has 0 aliphatic heterocycles. The normalized spacial score (nSPS) is 10.6. The second kappa shape index (κ2) is 11.4. The van der Waals surface area contributed by atoms with Gasteiger partial charge in [0.1, 0.15) is 17.3 Å². The first kappa shape index (κ1) is 24.9. The molecule has 0 bridgehead atoms. The minimum absolute atomic E-state index is 0.219. The molecule has 0 saturated heterocycles. The molecule has 0 spiro atoms. The first-order valence-corrected chi connectivity index (χ1v) is 9.96. The Balaban J connectivity index is 0.000000429. The first-order chi connectivity index (χ1) is 16.7. The van der Waals surface area contributed by atoms with E-state index in [0.717, 1.165) is 5.56 Å². The lowest BCUT2D eigenvalue weighted by Crippen LogP contribution is -2.23. The van der Waals surface area contributed by atoms with Crippen molar-refractivity contribution in [3.8, 4) is 22.9 Å². The molecular formula is C23H18F3N5O4. The van der Waals surface area contributed by atoms with Crippen molar-refractivity contribution < 1.29 is 32.6 Å². The summed E-state index contributed by atoms with van der Waals surface area (Å²) in [5.41, 5.74) is 1.30. The summed E-state index contributed by atoms with van der Waals surface area (Å²) in [5, 5.41) is 17.0. The van der Waals surface area contributed by atoms with Crippen molar-refractivity contribution >= 4 is 11.9 Å². The number of hydrogen-bond acceptors (Lipinski definition) is 6. The molecule has 0 radical (unpaired) electrons. The van der Waals surface area contributed by atoms with Crippen LogP contribution in [0.2, 0.25) is 0 Å². The number of halogens is 3. The maximum atomic E-state index is 12.6. The minimum atomic E-state index is -5.08. The number of ether oxygens (including phenoxy) is 1. The number of aromatic nitrogens is 4. The van der Waals surface area contributed by atoms with Crippen LogP contribution in [0.5, 0.6) is 11.5 Å². The van der Waals surface area contributed by atoms with E-state index < -0.39 is 12.1 Å². The quantitative estimate of drug-likeness (QED) is 0.373. The Morgan fingerprint density at radius 2 is 1.60 bits per heavy atom. The molecule has 2 heterocycles. The number of amides is 1. The molecule has 4 rings (SSSR count). The third kappa shape index (κ3) is 7.39. The van der Waals surface area contributed by atoms with Gasteiger partial charge in [0.2, 0.25) is 0 Å². The van der Waals surface area contributed by atoms with E-state index in [4.69, 9.17) is 14.6 Å². The smallest absolute Gasteiger partial charge is 0.475 e. The van der Waals surface area contributed by atoms with E-state index >= 15 is 0 Å². The molecule has 35 heavy (non-hydrogen) atoms. The molecule has 0 fully saturated rings. The maximum Gasteiger partial charge on any atom is 0.490 e. The van der Waals surface area contributed by atoms with Crippen LogP contribution in [0.4, 0.5) is 13.2 Å². The highest BCUT2D eigenvalue weighted by Crippen LogP contribution is 2.25. The third-order valence-corrected chi connectivity index (χ3v) is 4.23. The van der Waals surface area contributed by atoms with E-state index in [9.17, 15) is 18.0 Å². The SMILES string of the molecule is O=C(NCc1nc(-c2ccncc2)n[nH]1)c1ccccc1Oc1ccccc1.O=C(O)C(F)(F)F. The molecule has 0 aliphatic carbocycles. The summed E-state index contributed by atoms with van der Waals surface area (Å²) in [7, 11) is 0. The first-order valence-electron chi connectivity index (χ1n) is 9.96. The Hall–Kier alpha value is -4.74. The second-order valence-corrected chi connectivity index (χ2v) is 6.74. The number of nitrogens with one attached hydrogen (secondary N) is 2. The summed E-state index contributed by atoms with van der Waals surface area (Å²) >= 11 is 0. The van der Waals surface area contributed by atoms with Crippen LogP contribution in [0.15, 0.2) is 79.1 Å². The van der Waals surface area contributed by atoms with Crippen LogP contribution >= 0.6 is 0 Å². The van der Waals surface area contributed by atoms with Crippen LogP contribution in [0.1, 0.15) is 16.2 Å². The molecule has 0 saturated carbocycles. The fraction of sp³-hybridized carbons (Fsp3) is 0.0870. The Labute approximate surface area is 196 Å². The lowest BCUT2D eigenvalue weighted by atomic mass is 10.2. The number of para-hydroxylation sites is 2. The van der Waals surface area contributed by atoms with Crippen LogP contribution in [0, 0.1) is 0 Å². The molecular weight excluding hydrogens is 467 g/mol. The van der Waals surface area contributed by atoms with Gasteiger partial charge < -0.3 is 15.2 Å². The van der Waals surface area contributed by atoms with E-state index in [1.807, 2.05) is 48.5 Å². The Kier molecular flexibility index (Phi) is 8.11. The molecule has 12 heteroatoms. The van der Waals surface area contributed by atoms with E-state index in [1.165, 1.54) is 0 Å². The van der Waals surface area contributed by atoms with Gasteiger partial charge in [0, 0.05) is 18.0 Å². The van der Waals surface area contributed by atoms with Crippen LogP contribution in [0.25, 0.3) is 11.4 Å². The number of carboxylic acids is 1. The Bertz CT molecular complexity index is 1260. The number of aliphatic carboxylic acids is 1. The summed E-state index contributed by atoms with van der Waals surface area (Å²) < 4.78 is 37.6. The molecule has 2 aromatic heterocycles. The van der Waals surface area contributed by atoms with Crippen molar-refractivity contribution in [1.82, 2.24) is 25.5 Å². The van der Waals surface area contributed by atoms with Gasteiger partial charge in [-0.2, -0.15) is 18.3 Å². The van der Waals surface area contributed by atoms with Gasteiger partial charge in [0.05, 0.1) is 12.1 Å². The van der Waals surface area contributed by atoms with E-state index in [1.54, 1.807) is 30.6 Å². The number of pyridine rings is 1. The van der Waals surface area contributed by atoms with Gasteiger partial charge in [0.15, 0.2) is 5.82 Å². The predicted octanol–water partition coefficient (Wildman–Crippen LogP) is 4.22. The van der Waals surface area contributed by atoms with Crippen molar-refractivity contribution in [3.05, 3.63) is 90.5 Å². The largest absolute Gasteiger partial charge is 0.490 e. The van der Waals surface area contributed by atoms with Crippen LogP contribution in [0.3, 0.4) is 0 Å². The summed E-state index contributed by atoms with van der Waals surface area (Å²) in [6.07, 6.45) is -1.73. The van der Waals surface area contributed by atoms with Crippen molar-refractivity contribution in [2.75, 3.05) is 0 Å². The van der Waals surface area contributed by atoms with Crippen molar-refractivity contribution in [1.29, 1.82) is 0 Å². The average Bonchev–Trinajstić information content (AvgIpc) is 3.33. The number of aromatic amines is 1. The van der Waals surface area contributed by atoms with Crippen molar-refractivity contribution in [3.63, 3.8) is 0 Å². The van der Waals surface area contributed by atoms with Gasteiger partial charge >= 0.3 is 12.1 Å². The van der Waals surface area contributed by atoms with Crippen molar-refractivity contribution in [2.45, 2.75) is 12.7 Å². The number of carbonyl (C=O) groups excluding carboxylic acids is 1. The number of nitrogens with zero attached hydrogens (tertiary/aromatic N) is 3. The highest BCUT2D eigenvalue weighted by molar-refractivity contribution is 5.96. The molecule has 4 aromatic rings. The molecule has 1 amide bonds. The molecule has 9 nitrogen and oxygen atoms in total. The zero-order valence-electron chi connectivity index (χ0n) is 17.9. The highest BCUT2D eigenvalue weighted by atomic mass is 19.4. The highest BCUT2D eigenvalue weighted by Gasteiger charge is 2.38. The number of carbonyl (C=O) groups is 2. The fourth-order valence-electron chi connectivity index (χ4n) is 2.62. The fourth-order valence-corrected chi connectivity index (χ4v) is 2.62. The van der Waals surface area contributed by atoms with E-state index in [2.05, 4.69) is 25.5 Å². The van der Waals surface area contributed by atoms with Gasteiger partial charge in [-0.1, -0.05) is 30.3 Å². The summed E-state index contributed by atoms with van der Waals surface area (Å²) in [4.78, 5) is 29.9. The zero-order chi connectivity index (χ0) is 25.3. The zero-order valence-corrected chi connectivity index (χ0v) is 17.9. The van der Waals surface area contributed by atoms with Crippen molar-refractivity contribution in [2.24, 2.45) is 0 Å². The Morgan fingerprint density at radius 1 is 0.971 bits per heavy atom. The van der Waals surface area contributed by atoms with Gasteiger partial charge in [-0.3, -0.25) is 14.9 Å². The molecule has 0 unspecified atom stereocenters. The van der Waals surface area contributed by atoms with Crippen LogP contribution in [-0.2, 0) is 11.3 Å². The number of alkyl halides is 3. The number of H-pyrrole nitrogens is 1. The molecule has 2 aromatic carbocycles. The standard InChI is InChI=1S/C21H17N5O2.C2HF3O2/c27-21(17-8-4-5-9-18(17)28-16-6-2-1-3-7-16)23-14-19-24-20(26-25-19)15-10-12-22-13-11-15;3-2(4,5)1(6)7/h1-13H,14H2,(H,23,27)(H,24,25,26);(H,6,7). The third-order valence-electron chi connectivity index (χ3n) is 4.23. The lowest BCUT2D eigenvalue weighted by molar-refractivity contribution is -0.192. The number of hydrogen-bond donors (Lipinski definition) is 3. The predicted molar refractivity (Wildman–Crippen MR) is 117 cm³/mol. The number of rotatable bonds is 6. The summed E-state index contributed by atoms with van der Waals surface area (Å²) in [5.74, 6) is -0.747. The minimum Gasteiger partial charge on any atom is -0.475 e. The molecule has 0 atom stereocenters. The van der Waals surface area contributed by atoms with E-state index in [-0.39, 0.29) is 12.5 Å². The van der Waals surface area contributed by atoms with E-state index in [0.29, 0.717) is 28.7 Å². The van der Waals surface area contributed by atoms with Crippen LogP contribution in [-0.4, -0.2) is 43.3 Å². The summed E-state index contributed by atoms with van der Waals surface area (Å²) in [6, 6.07) is 20.1. The Morgan fingerprint density at radius 3 is 2.26 bits per heavy atom. The molecule has 3 N–H and O–H groups in total. The monoisotopic (exact) mass is 485 g/mol. The van der Waals surface area contributed by atoms with Gasteiger partial charge in [-0.25, -0.2) is 9.78 Å². The number of benzene rings is 2. The average molecular weight is 485 g/mol. The van der Waals surface area contributed by atoms with Gasteiger partial charge in [-0.05, 0) is 36.4 Å².